The topological polar surface area (TPSA) is 68.3 Å². The molecule has 126 valence electrons. The lowest BCUT2D eigenvalue weighted by Gasteiger charge is -2.03. The minimum absolute atomic E-state index is 0.325. The third kappa shape index (κ3) is 4.02. The molecular formula is C16H16N2O3S3. The zero-order valence-corrected chi connectivity index (χ0v) is 15.4. The number of hydrogen-bond acceptors (Lipinski definition) is 6. The van der Waals surface area contributed by atoms with Crippen LogP contribution >= 0.6 is 22.7 Å². The van der Waals surface area contributed by atoms with E-state index in [-0.39, 0.29) is 0 Å². The molecule has 0 aliphatic heterocycles. The molecule has 0 spiro atoms. The van der Waals surface area contributed by atoms with Crippen LogP contribution in [0.25, 0.3) is 10.6 Å². The second-order valence-electron chi connectivity index (χ2n) is 4.95. The van der Waals surface area contributed by atoms with Gasteiger partial charge in [0.25, 0.3) is 0 Å². The molecule has 0 saturated heterocycles. The van der Waals surface area contributed by atoms with Crippen LogP contribution in [0.5, 0.6) is 5.75 Å². The first-order chi connectivity index (χ1) is 11.6. The van der Waals surface area contributed by atoms with Gasteiger partial charge in [0.2, 0.25) is 10.0 Å². The van der Waals surface area contributed by atoms with Gasteiger partial charge in [-0.1, -0.05) is 6.07 Å². The number of aromatic nitrogens is 1. The van der Waals surface area contributed by atoms with E-state index in [1.807, 2.05) is 29.6 Å². The Bertz CT molecular complexity index is 885. The van der Waals surface area contributed by atoms with Crippen molar-refractivity contribution < 1.29 is 13.2 Å². The number of rotatable bonds is 7. The van der Waals surface area contributed by atoms with Crippen molar-refractivity contribution in [1.29, 1.82) is 0 Å². The molecule has 8 heteroatoms. The summed E-state index contributed by atoms with van der Waals surface area (Å²) in [7, 11) is -1.78. The first kappa shape index (κ1) is 17.1. The van der Waals surface area contributed by atoms with Gasteiger partial charge in [-0.2, -0.15) is 0 Å². The maximum atomic E-state index is 12.0. The number of ether oxygens (including phenoxy) is 1. The Balaban J connectivity index is 1.60. The van der Waals surface area contributed by atoms with Crippen molar-refractivity contribution in [2.24, 2.45) is 0 Å². The van der Waals surface area contributed by atoms with Gasteiger partial charge in [0.1, 0.15) is 15.0 Å². The van der Waals surface area contributed by atoms with E-state index in [9.17, 15) is 8.42 Å². The number of nitrogens with one attached hydrogen (secondary N) is 1. The number of sulfonamides is 1. The monoisotopic (exact) mass is 380 g/mol. The minimum Gasteiger partial charge on any atom is -0.497 e. The Labute approximate surface area is 149 Å². The molecule has 0 aliphatic carbocycles. The molecule has 0 atom stereocenters. The van der Waals surface area contributed by atoms with Crippen LogP contribution in [0.4, 0.5) is 0 Å². The second kappa shape index (κ2) is 7.43. The highest BCUT2D eigenvalue weighted by molar-refractivity contribution is 7.91. The summed E-state index contributed by atoms with van der Waals surface area (Å²) >= 11 is 2.75. The highest BCUT2D eigenvalue weighted by Crippen LogP contribution is 2.25. The van der Waals surface area contributed by atoms with Crippen molar-refractivity contribution in [3.8, 4) is 16.3 Å². The maximum Gasteiger partial charge on any atom is 0.250 e. The lowest BCUT2D eigenvalue weighted by molar-refractivity contribution is 0.415. The van der Waals surface area contributed by atoms with Crippen molar-refractivity contribution in [1.82, 2.24) is 9.71 Å². The number of methoxy groups -OCH3 is 1. The summed E-state index contributed by atoms with van der Waals surface area (Å²) < 4.78 is 32.2. The number of thiophene rings is 1. The SMILES string of the molecule is COc1ccc(-c2nc(CCNS(=O)(=O)c3cccs3)cs2)cc1. The predicted molar refractivity (Wildman–Crippen MR) is 97.3 cm³/mol. The van der Waals surface area contributed by atoms with Gasteiger partial charge in [-0.25, -0.2) is 18.1 Å². The van der Waals surface area contributed by atoms with Crippen molar-refractivity contribution >= 4 is 32.7 Å². The van der Waals surface area contributed by atoms with E-state index >= 15 is 0 Å². The Morgan fingerprint density at radius 2 is 1.96 bits per heavy atom. The fourth-order valence-corrected chi connectivity index (χ4v) is 5.02. The van der Waals surface area contributed by atoms with Crippen molar-refractivity contribution in [2.45, 2.75) is 10.6 Å². The molecule has 0 bridgehead atoms. The van der Waals surface area contributed by atoms with E-state index < -0.39 is 10.0 Å². The maximum absolute atomic E-state index is 12.0. The third-order valence-corrected chi connectivity index (χ3v) is 7.12. The summed E-state index contributed by atoms with van der Waals surface area (Å²) in [5.74, 6) is 0.804. The van der Waals surface area contributed by atoms with Crippen LogP contribution in [0.2, 0.25) is 0 Å². The summed E-state index contributed by atoms with van der Waals surface area (Å²) in [6.45, 7) is 0.325. The largest absolute Gasteiger partial charge is 0.497 e. The summed E-state index contributed by atoms with van der Waals surface area (Å²) in [6.07, 6.45) is 0.553. The summed E-state index contributed by atoms with van der Waals surface area (Å²) in [4.78, 5) is 4.56. The van der Waals surface area contributed by atoms with Gasteiger partial charge >= 0.3 is 0 Å². The number of benzene rings is 1. The molecule has 5 nitrogen and oxygen atoms in total. The molecule has 0 saturated carbocycles. The molecular weight excluding hydrogens is 364 g/mol. The zero-order chi connectivity index (χ0) is 17.0. The molecule has 0 radical (unpaired) electrons. The van der Waals surface area contributed by atoms with Gasteiger partial charge < -0.3 is 4.74 Å². The molecule has 1 aromatic carbocycles. The van der Waals surface area contributed by atoms with Crippen molar-refractivity contribution in [2.75, 3.05) is 13.7 Å². The van der Waals surface area contributed by atoms with Crippen LogP contribution in [0, 0.1) is 0 Å². The highest BCUT2D eigenvalue weighted by Gasteiger charge is 2.14. The predicted octanol–water partition coefficient (Wildman–Crippen LogP) is 3.40. The molecule has 2 aromatic heterocycles. The zero-order valence-electron chi connectivity index (χ0n) is 12.9. The van der Waals surface area contributed by atoms with Crippen LogP contribution in [0.15, 0.2) is 51.4 Å². The van der Waals surface area contributed by atoms with Crippen molar-refractivity contribution in [3.63, 3.8) is 0 Å². The average molecular weight is 381 g/mol. The van der Waals surface area contributed by atoms with Crippen LogP contribution in [-0.4, -0.2) is 27.1 Å². The average Bonchev–Trinajstić information content (AvgIpc) is 3.27. The second-order valence-corrected chi connectivity index (χ2v) is 8.75. The standard InChI is InChI=1S/C16H16N2O3S3/c1-21-14-6-4-12(5-7-14)16-18-13(11-23-16)8-9-17-24(19,20)15-3-2-10-22-15/h2-7,10-11,17H,8-9H2,1H3. The summed E-state index contributed by atoms with van der Waals surface area (Å²) in [6, 6.07) is 11.0. The van der Waals surface area contributed by atoms with E-state index in [1.165, 1.54) is 11.3 Å². The van der Waals surface area contributed by atoms with Crippen LogP contribution < -0.4 is 9.46 Å². The van der Waals surface area contributed by atoms with Crippen molar-refractivity contribution in [3.05, 3.63) is 52.9 Å². The smallest absolute Gasteiger partial charge is 0.250 e. The van der Waals surface area contributed by atoms with E-state index in [0.717, 1.165) is 22.0 Å². The van der Waals surface area contributed by atoms with Gasteiger partial charge in [-0.3, -0.25) is 0 Å². The molecule has 24 heavy (non-hydrogen) atoms. The first-order valence-corrected chi connectivity index (χ1v) is 10.4. The molecule has 3 aromatic rings. The van der Waals surface area contributed by atoms with E-state index in [0.29, 0.717) is 17.2 Å². The van der Waals surface area contributed by atoms with Crippen LogP contribution in [-0.2, 0) is 16.4 Å². The Hall–Kier alpha value is -1.74. The van der Waals surface area contributed by atoms with Gasteiger partial charge in [-0.15, -0.1) is 22.7 Å². The molecule has 0 unspecified atom stereocenters. The normalized spacial score (nSPS) is 11.5. The highest BCUT2D eigenvalue weighted by atomic mass is 32.2. The number of hydrogen-bond donors (Lipinski definition) is 1. The van der Waals surface area contributed by atoms with E-state index in [1.54, 1.807) is 36.0 Å². The Kier molecular flexibility index (Phi) is 5.30. The number of nitrogens with zero attached hydrogens (tertiary/aromatic N) is 1. The molecule has 1 N–H and O–H groups in total. The summed E-state index contributed by atoms with van der Waals surface area (Å²) in [5, 5.41) is 4.61. The molecule has 0 amide bonds. The molecule has 0 aliphatic rings. The Morgan fingerprint density at radius 1 is 1.17 bits per heavy atom. The molecule has 2 heterocycles. The quantitative estimate of drug-likeness (QED) is 0.682. The Morgan fingerprint density at radius 3 is 2.62 bits per heavy atom. The minimum atomic E-state index is -3.41. The van der Waals surface area contributed by atoms with Gasteiger partial charge in [0, 0.05) is 23.9 Å². The van der Waals surface area contributed by atoms with E-state index in [4.69, 9.17) is 4.74 Å². The molecule has 0 fully saturated rings. The third-order valence-electron chi connectivity index (χ3n) is 3.32. The van der Waals surface area contributed by atoms with Crippen LogP contribution in [0.1, 0.15) is 5.69 Å². The van der Waals surface area contributed by atoms with Gasteiger partial charge in [-0.05, 0) is 35.7 Å². The van der Waals surface area contributed by atoms with Gasteiger partial charge in [0.05, 0.1) is 12.8 Å². The van der Waals surface area contributed by atoms with E-state index in [2.05, 4.69) is 9.71 Å². The lowest BCUT2D eigenvalue weighted by Crippen LogP contribution is -2.25. The molecule has 3 rings (SSSR count). The fourth-order valence-electron chi connectivity index (χ4n) is 2.09. The van der Waals surface area contributed by atoms with Gasteiger partial charge in [0.15, 0.2) is 0 Å². The fraction of sp³-hybridized carbons (Fsp3) is 0.188. The van der Waals surface area contributed by atoms with Crippen LogP contribution in [0.3, 0.4) is 0 Å². The number of thiazole rings is 1. The first-order valence-electron chi connectivity index (χ1n) is 7.20. The lowest BCUT2D eigenvalue weighted by atomic mass is 10.2. The summed E-state index contributed by atoms with van der Waals surface area (Å²) in [5.41, 5.74) is 1.89.